The number of aliphatic hydroxyl groups is 3. The van der Waals surface area contributed by atoms with Crippen molar-refractivity contribution in [2.24, 2.45) is 0 Å². The fourth-order valence-electron chi connectivity index (χ4n) is 8.40. The van der Waals surface area contributed by atoms with Crippen LogP contribution >= 0.6 is 0 Å². The van der Waals surface area contributed by atoms with Crippen molar-refractivity contribution in [3.63, 3.8) is 0 Å². The van der Waals surface area contributed by atoms with E-state index < -0.39 is 106 Å². The highest BCUT2D eigenvalue weighted by atomic mass is 32.2. The predicted molar refractivity (Wildman–Crippen MR) is 288 cm³/mol. The molecule has 6 aromatic rings. The molecule has 0 bridgehead atoms. The van der Waals surface area contributed by atoms with Gasteiger partial charge in [0.05, 0.1) is 62.3 Å². The molecular formula is C58H60F5N4O18S+. The zero-order valence-corrected chi connectivity index (χ0v) is 47.0. The van der Waals surface area contributed by atoms with Crippen LogP contribution in [0.2, 0.25) is 0 Å². The van der Waals surface area contributed by atoms with Crippen LogP contribution in [0.15, 0.2) is 101 Å². The normalized spacial score (nSPS) is 16.8. The van der Waals surface area contributed by atoms with Crippen molar-refractivity contribution >= 4 is 45.1 Å². The number of rotatable bonds is 30. The standard InChI is InChI=1S/C58H59F5N4O18S/c1-32-5-13-38(14-6-32)86(77,78)31-40-33(2)82-56(66-40)37-11-9-36(10-12-37)41(68)15-7-34-4-3-21-67(29-34)30-35-8-16-42(83-58-53(74)51(72)52(73)55(85-58)57(75)76)39(28-35)65-44(70)17-20-64-43(69)18-22-79-24-26-81-27-25-80-23-19-45(71)84-54-49(62)47(60)46(59)48(61)50(54)63/h3-6,8-14,16,21,28-29,51-53,55,58,72-74H,7,15,17-20,22-27,30-31H2,1-2H3,(H2-,64,65,69,70,75,76)/p+1/t51-,52-,53+,55-,58+/m0/s1. The number of aliphatic carboxylic acids is 1. The van der Waals surface area contributed by atoms with Crippen molar-refractivity contribution in [1.29, 1.82) is 0 Å². The first-order valence-electron chi connectivity index (χ1n) is 26.6. The molecule has 0 aliphatic carbocycles. The van der Waals surface area contributed by atoms with E-state index in [1.807, 2.05) is 23.8 Å². The molecule has 1 fully saturated rings. The lowest BCUT2D eigenvalue weighted by Gasteiger charge is -2.38. The third-order valence-corrected chi connectivity index (χ3v) is 14.7. The molecule has 7 rings (SSSR count). The quantitative estimate of drug-likeness (QED) is 0.00509. The smallest absolute Gasteiger partial charge is 0.335 e. The number of Topliss-reactive ketones (excluding diaryl/α,β-unsaturated/α-hetero) is 1. The van der Waals surface area contributed by atoms with Crippen LogP contribution in [-0.2, 0) is 66.7 Å². The van der Waals surface area contributed by atoms with Crippen molar-refractivity contribution in [3.8, 4) is 23.0 Å². The number of aromatic nitrogens is 2. The average Bonchev–Trinajstić information content (AvgIpc) is 3.35. The molecule has 1 aliphatic rings. The molecule has 0 spiro atoms. The fraction of sp³-hybridized carbons (Fsp3) is 0.362. The number of hydrogen-bond acceptors (Lipinski definition) is 18. The highest BCUT2D eigenvalue weighted by Gasteiger charge is 2.48. The molecule has 22 nitrogen and oxygen atoms in total. The van der Waals surface area contributed by atoms with E-state index in [1.54, 1.807) is 73.8 Å². The van der Waals surface area contributed by atoms with Crippen molar-refractivity contribution in [2.45, 2.75) is 93.9 Å². The molecule has 86 heavy (non-hydrogen) atoms. The molecular weight excluding hydrogens is 1170 g/mol. The summed E-state index contributed by atoms with van der Waals surface area (Å²) in [5.74, 6) is -17.3. The predicted octanol–water partition coefficient (Wildman–Crippen LogP) is 4.93. The topological polar surface area (TPSA) is 310 Å². The molecule has 5 atom stereocenters. The van der Waals surface area contributed by atoms with Gasteiger partial charge >= 0.3 is 11.9 Å². The Kier molecular flexibility index (Phi) is 23.1. The lowest BCUT2D eigenvalue weighted by atomic mass is 9.99. The first-order valence-corrected chi connectivity index (χ1v) is 28.3. The monoisotopic (exact) mass is 1230 g/mol. The molecule has 2 amide bonds. The summed E-state index contributed by atoms with van der Waals surface area (Å²) in [5.41, 5.74) is 3.63. The summed E-state index contributed by atoms with van der Waals surface area (Å²) in [6.07, 6.45) is -6.52. The van der Waals surface area contributed by atoms with Gasteiger partial charge in [-0.15, -0.1) is 0 Å². The Balaban J connectivity index is 0.860. The minimum atomic E-state index is -3.69. The lowest BCUT2D eigenvalue weighted by Crippen LogP contribution is -2.61. The summed E-state index contributed by atoms with van der Waals surface area (Å²) in [6.45, 7) is 3.29. The van der Waals surface area contributed by atoms with E-state index in [9.17, 15) is 74.8 Å². The number of nitrogens with one attached hydrogen (secondary N) is 2. The zero-order valence-electron chi connectivity index (χ0n) is 46.1. The van der Waals surface area contributed by atoms with E-state index in [1.165, 1.54) is 12.1 Å². The lowest BCUT2D eigenvalue weighted by molar-refractivity contribution is -0.688. The van der Waals surface area contributed by atoms with E-state index in [0.717, 1.165) is 11.1 Å². The molecule has 0 saturated carbocycles. The minimum Gasteiger partial charge on any atom is -0.479 e. The second-order valence-corrected chi connectivity index (χ2v) is 21.5. The Morgan fingerprint density at radius 2 is 1.35 bits per heavy atom. The number of nitrogens with zero attached hydrogens (tertiary/aromatic N) is 2. The molecule has 2 aromatic heterocycles. The number of aryl methyl sites for hydroxylation is 3. The number of pyridine rings is 1. The summed E-state index contributed by atoms with van der Waals surface area (Å²) in [6, 6.07) is 21.4. The van der Waals surface area contributed by atoms with Gasteiger partial charge in [-0.3, -0.25) is 19.2 Å². The molecule has 6 N–H and O–H groups in total. The number of esters is 1. The number of amides is 2. The Morgan fingerprint density at radius 1 is 0.709 bits per heavy atom. The second kappa shape index (κ2) is 30.3. The molecule has 0 unspecified atom stereocenters. The third kappa shape index (κ3) is 17.8. The van der Waals surface area contributed by atoms with Crippen LogP contribution in [-0.4, -0.2) is 140 Å². The second-order valence-electron chi connectivity index (χ2n) is 19.5. The molecule has 4 aromatic carbocycles. The number of aliphatic hydroxyl groups excluding tert-OH is 3. The van der Waals surface area contributed by atoms with Gasteiger partial charge in [-0.2, -0.15) is 8.78 Å². The molecule has 1 saturated heterocycles. The van der Waals surface area contributed by atoms with Crippen molar-refractivity contribution in [2.75, 3.05) is 51.5 Å². The first kappa shape index (κ1) is 65.5. The maximum atomic E-state index is 13.7. The first-order chi connectivity index (χ1) is 41.0. The maximum absolute atomic E-state index is 13.7. The number of benzene rings is 4. The number of sulfone groups is 1. The number of anilines is 1. The Bertz CT molecular complexity index is 3470. The largest absolute Gasteiger partial charge is 0.479 e. The number of carbonyl (C=O) groups excluding carboxylic acids is 4. The van der Waals surface area contributed by atoms with Crippen LogP contribution in [0.1, 0.15) is 64.2 Å². The SMILES string of the molecule is Cc1ccc(S(=O)(=O)Cc2nc(-c3ccc(C(=O)CCc4ccc[n+](Cc5ccc(O[C@@H]6O[C@H](C(=O)O)[C@@H](O)[C@H](O)[C@H]6O)c(NC(=O)CCNC(=O)CCOCCOCCOCCC(=O)Oc6c(F)c(F)c(F)c(F)c6F)c5)c4)cc3)oc2C)cc1. The number of carboxylic acids is 1. The fourth-order valence-corrected chi connectivity index (χ4v) is 9.74. The van der Waals surface area contributed by atoms with Crippen LogP contribution in [0.5, 0.6) is 11.5 Å². The highest BCUT2D eigenvalue weighted by Crippen LogP contribution is 2.33. The Hall–Kier alpha value is -8.09. The minimum absolute atomic E-state index is 0.00920. The number of hydrogen-bond donors (Lipinski definition) is 6. The Morgan fingerprint density at radius 3 is 2.01 bits per heavy atom. The maximum Gasteiger partial charge on any atom is 0.335 e. The summed E-state index contributed by atoms with van der Waals surface area (Å²) < 4.78 is 132. The third-order valence-electron chi connectivity index (χ3n) is 13.1. The van der Waals surface area contributed by atoms with Crippen molar-refractivity contribution in [3.05, 3.63) is 154 Å². The molecule has 1 aliphatic heterocycles. The van der Waals surface area contributed by atoms with E-state index in [-0.39, 0.29) is 111 Å². The summed E-state index contributed by atoms with van der Waals surface area (Å²) in [5, 5.41) is 46.2. The average molecular weight is 1230 g/mol. The molecule has 3 heterocycles. The van der Waals surface area contributed by atoms with Gasteiger partial charge in [-0.1, -0.05) is 29.8 Å². The van der Waals surface area contributed by atoms with Gasteiger partial charge in [0.1, 0.15) is 35.6 Å². The van der Waals surface area contributed by atoms with Gasteiger partial charge in [0.15, 0.2) is 40.7 Å². The molecule has 0 radical (unpaired) electrons. The van der Waals surface area contributed by atoms with Gasteiger partial charge in [0.25, 0.3) is 0 Å². The van der Waals surface area contributed by atoms with Crippen LogP contribution < -0.4 is 24.7 Å². The van der Waals surface area contributed by atoms with Gasteiger partial charge < -0.3 is 63.9 Å². The summed E-state index contributed by atoms with van der Waals surface area (Å²) >= 11 is 0. The van der Waals surface area contributed by atoms with Crippen LogP contribution in [0, 0.1) is 42.9 Å². The van der Waals surface area contributed by atoms with Crippen LogP contribution in [0.3, 0.4) is 0 Å². The number of oxazole rings is 1. The van der Waals surface area contributed by atoms with Gasteiger partial charge in [-0.05, 0) is 68.8 Å². The molecule has 460 valence electrons. The van der Waals surface area contributed by atoms with E-state index >= 15 is 0 Å². The van der Waals surface area contributed by atoms with E-state index in [0.29, 0.717) is 28.9 Å². The van der Waals surface area contributed by atoms with Gasteiger partial charge in [0, 0.05) is 54.1 Å². The number of ketones is 1. The van der Waals surface area contributed by atoms with Crippen LogP contribution in [0.4, 0.5) is 27.6 Å². The van der Waals surface area contributed by atoms with Crippen molar-refractivity contribution < 1.29 is 112 Å². The number of carbonyl (C=O) groups is 5. The van der Waals surface area contributed by atoms with E-state index in [4.69, 9.17) is 28.1 Å². The molecule has 28 heteroatoms. The number of ether oxygens (including phenoxy) is 6. The summed E-state index contributed by atoms with van der Waals surface area (Å²) in [4.78, 5) is 67.5. The Labute approximate surface area is 488 Å². The van der Waals surface area contributed by atoms with Crippen LogP contribution in [0.25, 0.3) is 11.5 Å². The number of halogens is 5. The highest BCUT2D eigenvalue weighted by molar-refractivity contribution is 7.90. The van der Waals surface area contributed by atoms with Crippen molar-refractivity contribution in [1.82, 2.24) is 10.3 Å². The van der Waals surface area contributed by atoms with Gasteiger partial charge in [0.2, 0.25) is 58.8 Å². The zero-order chi connectivity index (χ0) is 62.2. The number of carboxylic acid groups (broad SMARTS) is 1. The summed E-state index contributed by atoms with van der Waals surface area (Å²) in [7, 11) is -3.69. The van der Waals surface area contributed by atoms with E-state index in [2.05, 4.69) is 20.4 Å². The van der Waals surface area contributed by atoms with Gasteiger partial charge in [-0.25, -0.2) is 35.9 Å².